The number of ether oxygens (including phenoxy) is 2. The lowest BCUT2D eigenvalue weighted by molar-refractivity contribution is -0.125. The number of allylic oxidation sites excluding steroid dienone is 1. The third kappa shape index (κ3) is 8.91. The van der Waals surface area contributed by atoms with Crippen molar-refractivity contribution in [1.82, 2.24) is 48.7 Å². The minimum Gasteiger partial charge on any atom is -0.457 e. The number of nitrogens with zero attached hydrogens (tertiary/aromatic N) is 10. The predicted octanol–water partition coefficient (Wildman–Crippen LogP) is 7.81. The summed E-state index contributed by atoms with van der Waals surface area (Å²) in [7, 11) is -3.49. The molecule has 18 heteroatoms. The van der Waals surface area contributed by atoms with Crippen LogP contribution in [-0.4, -0.2) is 89.2 Å². The first-order valence-electron chi connectivity index (χ1n) is 21.3. The summed E-state index contributed by atoms with van der Waals surface area (Å²) >= 11 is 0. The number of sulfonamides is 1. The SMILES string of the molecule is C/C=C/C(=O)N1CCC(n2nc(-c3ccc(Oc4ccccc4)cc3)c3c(N)ncnc32)C1.C=CS(=O)(=O)N1CCC(n2nc(-c3ccc(Oc4ccccc4)cc3)c3c(N)ncnc32)C1. The Bertz CT molecular complexity index is 3160. The van der Waals surface area contributed by atoms with Crippen LogP contribution in [0.2, 0.25) is 0 Å². The van der Waals surface area contributed by atoms with Crippen LogP contribution in [-0.2, 0) is 14.8 Å². The number of fused-ring (bicyclic) bond motifs is 2. The average Bonchev–Trinajstić information content (AvgIpc) is 4.17. The number of amides is 1. The summed E-state index contributed by atoms with van der Waals surface area (Å²) in [5.41, 5.74) is 16.8. The van der Waals surface area contributed by atoms with E-state index in [0.29, 0.717) is 83.4 Å². The maximum Gasteiger partial charge on any atom is 0.246 e. The van der Waals surface area contributed by atoms with Crippen molar-refractivity contribution < 1.29 is 22.7 Å². The number of aromatic nitrogens is 8. The lowest BCUT2D eigenvalue weighted by atomic mass is 10.1. The van der Waals surface area contributed by atoms with E-state index in [2.05, 4.69) is 26.5 Å². The Balaban J connectivity index is 0.000000166. The van der Waals surface area contributed by atoms with Crippen LogP contribution in [0.15, 0.2) is 146 Å². The van der Waals surface area contributed by atoms with Gasteiger partial charge in [0.1, 0.15) is 58.7 Å². The van der Waals surface area contributed by atoms with E-state index in [9.17, 15) is 13.2 Å². The number of benzene rings is 4. The molecule has 4 aromatic heterocycles. The molecule has 17 nitrogen and oxygen atoms in total. The summed E-state index contributed by atoms with van der Waals surface area (Å²) in [5.74, 6) is 3.66. The van der Waals surface area contributed by atoms with Crippen molar-refractivity contribution in [3.63, 3.8) is 0 Å². The molecule has 4 aromatic carbocycles. The van der Waals surface area contributed by atoms with Crippen LogP contribution in [0.25, 0.3) is 44.6 Å². The van der Waals surface area contributed by atoms with Gasteiger partial charge >= 0.3 is 0 Å². The third-order valence-electron chi connectivity index (χ3n) is 11.4. The maximum absolute atomic E-state index is 12.3. The molecule has 2 fully saturated rings. The Morgan fingerprint density at radius 1 is 0.652 bits per heavy atom. The molecule has 1 amide bonds. The molecule has 334 valence electrons. The lowest BCUT2D eigenvalue weighted by Crippen LogP contribution is -2.27. The number of rotatable bonds is 11. The smallest absolute Gasteiger partial charge is 0.246 e. The van der Waals surface area contributed by atoms with Crippen molar-refractivity contribution in [3.05, 3.63) is 146 Å². The van der Waals surface area contributed by atoms with Gasteiger partial charge in [-0.15, -0.1) is 0 Å². The van der Waals surface area contributed by atoms with Crippen molar-refractivity contribution in [3.8, 4) is 45.5 Å². The fraction of sp³-hybridized carbons (Fsp3) is 0.188. The summed E-state index contributed by atoms with van der Waals surface area (Å²) in [6, 6.07) is 34.2. The van der Waals surface area contributed by atoms with Crippen molar-refractivity contribution in [2.45, 2.75) is 31.8 Å². The van der Waals surface area contributed by atoms with E-state index in [0.717, 1.165) is 40.2 Å². The zero-order valence-electron chi connectivity index (χ0n) is 36.0. The highest BCUT2D eigenvalue weighted by Gasteiger charge is 2.34. The summed E-state index contributed by atoms with van der Waals surface area (Å²) in [6.45, 7) is 7.19. The number of carbonyl (C=O) groups is 1. The molecule has 2 aliphatic rings. The second-order valence-electron chi connectivity index (χ2n) is 15.6. The highest BCUT2D eigenvalue weighted by molar-refractivity contribution is 7.92. The van der Waals surface area contributed by atoms with Crippen LogP contribution < -0.4 is 20.9 Å². The van der Waals surface area contributed by atoms with Gasteiger partial charge in [0.2, 0.25) is 15.9 Å². The molecule has 0 bridgehead atoms. The van der Waals surface area contributed by atoms with Gasteiger partial charge in [-0.25, -0.2) is 37.7 Å². The molecule has 0 radical (unpaired) electrons. The molecule has 66 heavy (non-hydrogen) atoms. The number of hydrogen-bond acceptors (Lipinski definition) is 13. The Hall–Kier alpha value is -7.96. The van der Waals surface area contributed by atoms with E-state index >= 15 is 0 Å². The van der Waals surface area contributed by atoms with Crippen LogP contribution in [0, 0.1) is 0 Å². The number of likely N-dealkylation sites (tertiary alicyclic amines) is 1. The second-order valence-corrected chi connectivity index (χ2v) is 17.5. The van der Waals surface area contributed by atoms with Crippen molar-refractivity contribution >= 4 is 49.6 Å². The normalized spacial score (nSPS) is 16.4. The lowest BCUT2D eigenvalue weighted by Gasteiger charge is -2.15. The largest absolute Gasteiger partial charge is 0.457 e. The number of hydrogen-bond donors (Lipinski definition) is 2. The van der Waals surface area contributed by atoms with E-state index in [1.807, 2.05) is 126 Å². The zero-order valence-corrected chi connectivity index (χ0v) is 36.8. The monoisotopic (exact) mass is 902 g/mol. The van der Waals surface area contributed by atoms with Gasteiger partial charge in [0, 0.05) is 42.7 Å². The molecule has 4 N–H and O–H groups in total. The molecule has 2 aliphatic heterocycles. The summed E-state index contributed by atoms with van der Waals surface area (Å²) in [6.07, 6.45) is 7.60. The maximum atomic E-state index is 12.3. The van der Waals surface area contributed by atoms with E-state index in [-0.39, 0.29) is 18.0 Å². The number of anilines is 2. The quantitative estimate of drug-likeness (QED) is 0.119. The first kappa shape index (κ1) is 43.3. The van der Waals surface area contributed by atoms with Crippen molar-refractivity contribution in [2.24, 2.45) is 0 Å². The first-order chi connectivity index (χ1) is 32.1. The zero-order chi connectivity index (χ0) is 45.8. The average molecular weight is 903 g/mol. The fourth-order valence-electron chi connectivity index (χ4n) is 8.15. The Kier molecular flexibility index (Phi) is 12.2. The van der Waals surface area contributed by atoms with Crippen LogP contribution in [0.1, 0.15) is 31.8 Å². The van der Waals surface area contributed by atoms with Gasteiger partial charge in [0.15, 0.2) is 11.3 Å². The Morgan fingerprint density at radius 3 is 1.58 bits per heavy atom. The molecule has 8 aromatic rings. The molecule has 0 aliphatic carbocycles. The molecule has 2 atom stereocenters. The Morgan fingerprint density at radius 2 is 1.11 bits per heavy atom. The van der Waals surface area contributed by atoms with Gasteiger partial charge in [-0.2, -0.15) is 14.5 Å². The van der Waals surface area contributed by atoms with Gasteiger partial charge in [0.25, 0.3) is 0 Å². The highest BCUT2D eigenvalue weighted by atomic mass is 32.2. The number of carbonyl (C=O) groups excluding carboxylic acids is 1. The highest BCUT2D eigenvalue weighted by Crippen LogP contribution is 2.37. The molecule has 10 rings (SSSR count). The number of para-hydroxylation sites is 2. The van der Waals surface area contributed by atoms with Crippen LogP contribution in [0.3, 0.4) is 0 Å². The minimum absolute atomic E-state index is 0.0137. The number of nitrogen functional groups attached to an aromatic ring is 2. The Labute approximate surface area is 380 Å². The van der Waals surface area contributed by atoms with E-state index in [1.165, 1.54) is 17.0 Å². The summed E-state index contributed by atoms with van der Waals surface area (Å²) in [5, 5.41) is 12.0. The van der Waals surface area contributed by atoms with Crippen LogP contribution >= 0.6 is 0 Å². The van der Waals surface area contributed by atoms with E-state index in [1.54, 1.807) is 16.8 Å². The summed E-state index contributed by atoms with van der Waals surface area (Å²) < 4.78 is 41.2. The number of nitrogens with two attached hydrogens (primary N) is 2. The first-order valence-corrected chi connectivity index (χ1v) is 22.8. The van der Waals surface area contributed by atoms with Crippen LogP contribution in [0.5, 0.6) is 23.0 Å². The standard InChI is InChI=1S/C25H24N6O2.C23H22N6O3S/c1-2-6-21(32)30-14-13-18(15-30)31-25-22(24(26)27-16-28-25)23(29-31)17-9-11-20(12-10-17)33-19-7-4-3-5-8-19;1-2-33(30,31)28-13-12-17(14-28)29-23-20(22(24)25-15-26-23)21(27-29)16-8-10-19(11-9-16)32-18-6-4-3-5-7-18/h2-12,16,18H,13-15H2,1H3,(H2,26,27,28);2-11,15,17H,1,12-14H2,(H2,24,25,26)/b6-2+;. The van der Waals surface area contributed by atoms with Crippen LogP contribution in [0.4, 0.5) is 11.6 Å². The van der Waals surface area contributed by atoms with Crippen molar-refractivity contribution in [2.75, 3.05) is 37.6 Å². The molecule has 0 saturated carbocycles. The van der Waals surface area contributed by atoms with E-state index < -0.39 is 10.0 Å². The topological polar surface area (TPSA) is 215 Å². The van der Waals surface area contributed by atoms with Gasteiger partial charge in [-0.3, -0.25) is 4.79 Å². The minimum atomic E-state index is -3.49. The second kappa shape index (κ2) is 18.6. The van der Waals surface area contributed by atoms with Crippen molar-refractivity contribution in [1.29, 1.82) is 0 Å². The molecule has 0 spiro atoms. The molecular weight excluding hydrogens is 857 g/mol. The van der Waals surface area contributed by atoms with Gasteiger partial charge in [-0.05, 0) is 98.6 Å². The molecule has 2 unspecified atom stereocenters. The van der Waals surface area contributed by atoms with E-state index in [4.69, 9.17) is 31.1 Å². The summed E-state index contributed by atoms with van der Waals surface area (Å²) in [4.78, 5) is 31.3. The third-order valence-corrected chi connectivity index (χ3v) is 12.9. The predicted molar refractivity (Wildman–Crippen MR) is 253 cm³/mol. The molecule has 6 heterocycles. The van der Waals surface area contributed by atoms with Gasteiger partial charge in [-0.1, -0.05) is 49.1 Å². The van der Waals surface area contributed by atoms with Gasteiger partial charge < -0.3 is 25.8 Å². The molecule has 2 saturated heterocycles. The van der Waals surface area contributed by atoms with Gasteiger partial charge in [0.05, 0.1) is 22.9 Å². The fourth-order valence-corrected chi connectivity index (χ4v) is 9.10. The molecular formula is C48H46N12O5S.